The number of ether oxygens (including phenoxy) is 4. The Morgan fingerprint density at radius 2 is 1.40 bits per heavy atom. The summed E-state index contributed by atoms with van der Waals surface area (Å²) < 4.78 is 29.1. The van der Waals surface area contributed by atoms with Gasteiger partial charge in [0.15, 0.2) is 17.3 Å². The summed E-state index contributed by atoms with van der Waals surface area (Å²) in [4.78, 5) is 12.7. The smallest absolute Gasteiger partial charge is 0.255 e. The third kappa shape index (κ3) is 8.08. The molecule has 4 aromatic carbocycles. The number of aliphatic hydroxyl groups excluding tert-OH is 4. The molecule has 13 nitrogen and oxygen atoms in total. The van der Waals surface area contributed by atoms with Crippen molar-refractivity contribution < 1.29 is 48.7 Å². The minimum Gasteiger partial charge on any atom is -0.493 e. The molecule has 5 aromatic rings. The fraction of sp³-hybridized carbons (Fsp3) is 0.300. The fourth-order valence-corrected chi connectivity index (χ4v) is 6.29. The van der Waals surface area contributed by atoms with E-state index >= 15 is 0 Å². The van der Waals surface area contributed by atoms with Gasteiger partial charge in [-0.3, -0.25) is 4.79 Å². The number of benzene rings is 4. The number of rotatable bonds is 16. The summed E-state index contributed by atoms with van der Waals surface area (Å²) in [6.07, 6.45) is 0.886. The number of methoxy groups -OCH3 is 2. The third-order valence-corrected chi connectivity index (χ3v) is 9.11. The molecule has 53 heavy (non-hydrogen) atoms. The Hall–Kier alpha value is -5.60. The van der Waals surface area contributed by atoms with E-state index in [4.69, 9.17) is 23.5 Å². The minimum absolute atomic E-state index is 0.157. The highest BCUT2D eigenvalue weighted by molar-refractivity contribution is 6.01. The van der Waals surface area contributed by atoms with Crippen molar-refractivity contribution >= 4 is 11.6 Å². The van der Waals surface area contributed by atoms with Crippen LogP contribution in [0.2, 0.25) is 0 Å². The number of unbranched alkanes of at least 4 members (excludes halogenated alkanes) is 1. The van der Waals surface area contributed by atoms with E-state index in [1.54, 1.807) is 36.4 Å². The van der Waals surface area contributed by atoms with Gasteiger partial charge in [0, 0.05) is 28.4 Å². The lowest BCUT2D eigenvalue weighted by molar-refractivity contribution is 0.0935. The average molecular weight is 726 g/mol. The first-order valence-corrected chi connectivity index (χ1v) is 17.2. The van der Waals surface area contributed by atoms with Crippen LogP contribution in [0.3, 0.4) is 0 Å². The van der Waals surface area contributed by atoms with Crippen LogP contribution in [0.5, 0.6) is 23.0 Å². The zero-order chi connectivity index (χ0) is 37.5. The molecule has 1 aliphatic heterocycles. The molecule has 13 heteroatoms. The lowest BCUT2D eigenvalue weighted by Crippen LogP contribution is -2.38. The van der Waals surface area contributed by atoms with E-state index < -0.39 is 6.17 Å². The summed E-state index contributed by atoms with van der Waals surface area (Å²) in [6.45, 7) is 1.54. The number of amides is 1. The van der Waals surface area contributed by atoms with Crippen LogP contribution in [-0.2, 0) is 26.4 Å². The molecule has 0 aliphatic carbocycles. The molecule has 0 spiro atoms. The Bertz CT molecular complexity index is 2030. The van der Waals surface area contributed by atoms with Crippen LogP contribution in [0.15, 0.2) is 71.3 Å². The Labute approximate surface area is 306 Å². The normalized spacial score (nSPS) is 13.6. The first-order chi connectivity index (χ1) is 25.8. The second kappa shape index (κ2) is 16.8. The summed E-state index contributed by atoms with van der Waals surface area (Å²) >= 11 is 0. The van der Waals surface area contributed by atoms with E-state index in [9.17, 15) is 25.2 Å². The second-order valence-corrected chi connectivity index (χ2v) is 12.6. The number of carbonyl (C=O) groups excluding carboxylic acids is 1. The maximum atomic E-state index is 12.7. The number of anilines is 1. The molecular weight excluding hydrogens is 682 g/mol. The van der Waals surface area contributed by atoms with Crippen LogP contribution in [0.4, 0.5) is 5.69 Å². The van der Waals surface area contributed by atoms with Crippen LogP contribution >= 0.6 is 0 Å². The standard InChI is InChI=1S/C40H43N3O10/c1-23-6-8-32-30(12-23)40(48)42-39(41-32)24-7-9-34(29(13-24)21-46)51-10-4-5-11-52-38-36(49-2)16-25(17-37(38)50-3)33-18-35(53-43-33)26-14-27(19-44)31(22-47)28(15-26)20-45/h6-9,12-18,39,41,44-47H,4-5,10-11,19-22H2,1-3H3,(H,42,48). The van der Waals surface area contributed by atoms with E-state index in [0.717, 1.165) is 16.8 Å². The highest BCUT2D eigenvalue weighted by Crippen LogP contribution is 2.42. The van der Waals surface area contributed by atoms with E-state index in [1.807, 2.05) is 37.3 Å². The van der Waals surface area contributed by atoms with Crippen LogP contribution in [-0.4, -0.2) is 58.9 Å². The summed E-state index contributed by atoms with van der Waals surface area (Å²) in [5.74, 6) is 2.13. The molecular formula is C40H43N3O10. The average Bonchev–Trinajstić information content (AvgIpc) is 3.69. The van der Waals surface area contributed by atoms with Gasteiger partial charge < -0.3 is 54.5 Å². The highest BCUT2D eigenvalue weighted by Gasteiger charge is 2.25. The van der Waals surface area contributed by atoms with Crippen LogP contribution in [0.25, 0.3) is 22.6 Å². The van der Waals surface area contributed by atoms with E-state index in [-0.39, 0.29) is 32.3 Å². The van der Waals surface area contributed by atoms with Gasteiger partial charge in [-0.05, 0) is 90.6 Å². The van der Waals surface area contributed by atoms with Crippen molar-refractivity contribution in [2.24, 2.45) is 0 Å². The Balaban J connectivity index is 1.06. The molecule has 1 aromatic heterocycles. The summed E-state index contributed by atoms with van der Waals surface area (Å²) in [7, 11) is 3.07. The molecule has 0 fully saturated rings. The van der Waals surface area contributed by atoms with Gasteiger partial charge in [0.1, 0.15) is 17.6 Å². The summed E-state index contributed by atoms with van der Waals surface area (Å²) in [6, 6.07) is 19.8. The molecule has 0 radical (unpaired) electrons. The molecule has 1 atom stereocenters. The maximum absolute atomic E-state index is 12.7. The van der Waals surface area contributed by atoms with E-state index in [0.29, 0.717) is 99.5 Å². The van der Waals surface area contributed by atoms with Crippen molar-refractivity contribution in [2.45, 2.75) is 52.4 Å². The number of aryl methyl sites for hydroxylation is 1. The van der Waals surface area contributed by atoms with Gasteiger partial charge >= 0.3 is 0 Å². The van der Waals surface area contributed by atoms with E-state index in [1.165, 1.54) is 14.2 Å². The second-order valence-electron chi connectivity index (χ2n) is 12.6. The van der Waals surface area contributed by atoms with E-state index in [2.05, 4.69) is 15.8 Å². The topological polar surface area (TPSA) is 185 Å². The largest absolute Gasteiger partial charge is 0.493 e. The molecule has 0 saturated carbocycles. The highest BCUT2D eigenvalue weighted by atomic mass is 16.5. The zero-order valence-corrected chi connectivity index (χ0v) is 29.8. The molecule has 6 rings (SSSR count). The Kier molecular flexibility index (Phi) is 11.8. The van der Waals surface area contributed by atoms with Crippen LogP contribution in [0, 0.1) is 6.92 Å². The zero-order valence-electron chi connectivity index (χ0n) is 29.8. The van der Waals surface area contributed by atoms with Crippen molar-refractivity contribution in [3.05, 3.63) is 106 Å². The predicted octanol–water partition coefficient (Wildman–Crippen LogP) is 5.40. The quantitative estimate of drug-likeness (QED) is 0.0714. The molecule has 1 unspecified atom stereocenters. The number of hydrogen-bond acceptors (Lipinski definition) is 12. The van der Waals surface area contributed by atoms with Gasteiger partial charge in [-0.15, -0.1) is 0 Å². The number of carbonyl (C=O) groups is 1. The first-order valence-electron chi connectivity index (χ1n) is 17.2. The number of nitrogens with zero attached hydrogens (tertiary/aromatic N) is 1. The van der Waals surface area contributed by atoms with Crippen molar-refractivity contribution in [1.82, 2.24) is 10.5 Å². The molecule has 1 amide bonds. The third-order valence-electron chi connectivity index (χ3n) is 9.11. The van der Waals surface area contributed by atoms with Gasteiger partial charge in [-0.2, -0.15) is 0 Å². The number of aromatic nitrogens is 1. The number of fused-ring (bicyclic) bond motifs is 1. The minimum atomic E-state index is -0.441. The number of nitrogens with one attached hydrogen (secondary N) is 2. The van der Waals surface area contributed by atoms with Crippen molar-refractivity contribution in [3.63, 3.8) is 0 Å². The van der Waals surface area contributed by atoms with Crippen molar-refractivity contribution in [3.8, 4) is 45.6 Å². The fourth-order valence-electron chi connectivity index (χ4n) is 6.29. The van der Waals surface area contributed by atoms with Crippen molar-refractivity contribution in [2.75, 3.05) is 32.8 Å². The lowest BCUT2D eigenvalue weighted by Gasteiger charge is -2.29. The molecule has 278 valence electrons. The van der Waals surface area contributed by atoms with Gasteiger partial charge in [0.2, 0.25) is 5.75 Å². The Morgan fingerprint density at radius 1 is 0.717 bits per heavy atom. The van der Waals surface area contributed by atoms with Gasteiger partial charge in [0.25, 0.3) is 5.91 Å². The summed E-state index contributed by atoms with van der Waals surface area (Å²) in [5.41, 5.74) is 6.96. The molecule has 2 heterocycles. The van der Waals surface area contributed by atoms with Gasteiger partial charge in [-0.25, -0.2) is 0 Å². The lowest BCUT2D eigenvalue weighted by atomic mass is 9.97. The van der Waals surface area contributed by atoms with Crippen LogP contribution < -0.4 is 29.6 Å². The Morgan fingerprint density at radius 3 is 2.04 bits per heavy atom. The number of hydrogen-bond donors (Lipinski definition) is 6. The molecule has 0 saturated heterocycles. The first kappa shape index (κ1) is 37.2. The SMILES string of the molecule is COc1cc(-c2cc(-c3cc(CO)c(CO)c(CO)c3)on2)cc(OC)c1OCCCCOc1ccc(C2NC(=O)c3cc(C)ccc3N2)cc1CO. The van der Waals surface area contributed by atoms with Gasteiger partial charge in [-0.1, -0.05) is 22.9 Å². The number of aliphatic hydroxyl groups is 4. The molecule has 0 bridgehead atoms. The maximum Gasteiger partial charge on any atom is 0.255 e. The summed E-state index contributed by atoms with van der Waals surface area (Å²) in [5, 5.41) is 50.0. The molecule has 6 N–H and O–H groups in total. The van der Waals surface area contributed by atoms with Gasteiger partial charge in [0.05, 0.1) is 59.4 Å². The molecule has 1 aliphatic rings. The predicted molar refractivity (Wildman–Crippen MR) is 196 cm³/mol. The van der Waals surface area contributed by atoms with Crippen LogP contribution in [0.1, 0.15) is 62.7 Å². The monoisotopic (exact) mass is 725 g/mol. The van der Waals surface area contributed by atoms with Crippen molar-refractivity contribution in [1.29, 1.82) is 0 Å².